The summed E-state index contributed by atoms with van der Waals surface area (Å²) >= 11 is 0. The molecular formula is C35H19N3O. The van der Waals surface area contributed by atoms with E-state index in [1.54, 1.807) is 6.07 Å². The van der Waals surface area contributed by atoms with Crippen molar-refractivity contribution >= 4 is 60.2 Å². The number of benzene rings is 5. The summed E-state index contributed by atoms with van der Waals surface area (Å²) in [6.45, 7) is 7.40. The number of hydrogen-bond acceptors (Lipinski definition) is 3. The number of aromatic nitrogens is 2. The lowest BCUT2D eigenvalue weighted by atomic mass is 9.95. The minimum absolute atomic E-state index is 0.603. The van der Waals surface area contributed by atoms with Crippen LogP contribution in [0.15, 0.2) is 120 Å². The zero-order valence-corrected chi connectivity index (χ0v) is 20.7. The molecule has 39 heavy (non-hydrogen) atoms. The Morgan fingerprint density at radius 2 is 1.38 bits per heavy atom. The molecule has 0 N–H and O–H groups in total. The molecule has 5 aromatic carbocycles. The Morgan fingerprint density at radius 3 is 2.26 bits per heavy atom. The molecule has 0 unspecified atom stereocenters. The molecule has 0 saturated heterocycles. The third-order valence-electron chi connectivity index (χ3n) is 7.49. The lowest BCUT2D eigenvalue weighted by Gasteiger charge is -2.13. The van der Waals surface area contributed by atoms with Crippen molar-refractivity contribution in [1.29, 1.82) is 0 Å². The highest BCUT2D eigenvalue weighted by Gasteiger charge is 2.15. The number of rotatable bonds is 2. The standard InChI is InChI=1S/C35H19N3O/c1-36-25-12-16-32-29(20-25)28-18-23(11-15-31(28)39-32)24-10-13-26-30(19-24)38-34(21-6-3-2-4-7-21)27-14-9-22-8-5-17-37-35(22)33(26)27/h2-20H. The average molecular weight is 498 g/mol. The maximum atomic E-state index is 7.40. The number of fused-ring (bicyclic) bond motifs is 8. The topological polar surface area (TPSA) is 43.3 Å². The zero-order valence-electron chi connectivity index (χ0n) is 20.7. The van der Waals surface area contributed by atoms with E-state index in [0.29, 0.717) is 5.69 Å². The second kappa shape index (κ2) is 8.24. The first-order valence-electron chi connectivity index (χ1n) is 12.8. The van der Waals surface area contributed by atoms with Crippen LogP contribution in [0.1, 0.15) is 0 Å². The average Bonchev–Trinajstić information content (AvgIpc) is 3.37. The van der Waals surface area contributed by atoms with Crippen LogP contribution in [0.5, 0.6) is 0 Å². The normalized spacial score (nSPS) is 11.6. The monoisotopic (exact) mass is 497 g/mol. The molecule has 0 bridgehead atoms. The first-order valence-corrected chi connectivity index (χ1v) is 12.8. The molecular weight excluding hydrogens is 478 g/mol. The third kappa shape index (κ3) is 3.31. The molecule has 0 amide bonds. The third-order valence-corrected chi connectivity index (χ3v) is 7.49. The molecule has 0 aliphatic heterocycles. The van der Waals surface area contributed by atoms with Gasteiger partial charge in [-0.05, 0) is 47.5 Å². The van der Waals surface area contributed by atoms with Crippen molar-refractivity contribution in [2.45, 2.75) is 0 Å². The van der Waals surface area contributed by atoms with E-state index >= 15 is 0 Å². The van der Waals surface area contributed by atoms with Crippen LogP contribution in [-0.2, 0) is 0 Å². The smallest absolute Gasteiger partial charge is 0.188 e. The number of furan rings is 1. The van der Waals surface area contributed by atoms with E-state index in [-0.39, 0.29) is 0 Å². The summed E-state index contributed by atoms with van der Waals surface area (Å²) in [6.07, 6.45) is 1.86. The predicted octanol–water partition coefficient (Wildman–Crippen LogP) is 9.72. The quantitative estimate of drug-likeness (QED) is 0.176. The first kappa shape index (κ1) is 21.5. The Kier molecular flexibility index (Phi) is 4.55. The number of nitrogens with zero attached hydrogens (tertiary/aromatic N) is 3. The molecule has 3 heterocycles. The van der Waals surface area contributed by atoms with E-state index in [1.807, 2.05) is 48.7 Å². The van der Waals surface area contributed by atoms with E-state index in [9.17, 15) is 0 Å². The Labute approximate surface area is 223 Å². The van der Waals surface area contributed by atoms with Crippen LogP contribution in [0.3, 0.4) is 0 Å². The van der Waals surface area contributed by atoms with E-state index in [0.717, 1.165) is 76.9 Å². The summed E-state index contributed by atoms with van der Waals surface area (Å²) in [4.78, 5) is 13.6. The van der Waals surface area contributed by atoms with Crippen LogP contribution in [-0.4, -0.2) is 9.97 Å². The van der Waals surface area contributed by atoms with Crippen LogP contribution in [0, 0.1) is 6.57 Å². The molecule has 180 valence electrons. The predicted molar refractivity (Wildman–Crippen MR) is 159 cm³/mol. The minimum atomic E-state index is 0.603. The lowest BCUT2D eigenvalue weighted by molar-refractivity contribution is 0.669. The molecule has 0 saturated carbocycles. The van der Waals surface area contributed by atoms with Gasteiger partial charge in [-0.15, -0.1) is 0 Å². The summed E-state index contributed by atoms with van der Waals surface area (Å²) in [7, 11) is 0. The van der Waals surface area contributed by atoms with Crippen molar-refractivity contribution < 1.29 is 4.42 Å². The van der Waals surface area contributed by atoms with Crippen LogP contribution >= 0.6 is 0 Å². The van der Waals surface area contributed by atoms with Gasteiger partial charge in [0.15, 0.2) is 5.69 Å². The molecule has 0 aliphatic carbocycles. The van der Waals surface area contributed by atoms with Gasteiger partial charge in [-0.2, -0.15) is 0 Å². The first-order chi connectivity index (χ1) is 19.3. The molecule has 0 fully saturated rings. The molecule has 0 spiro atoms. The second-order valence-electron chi connectivity index (χ2n) is 9.73. The van der Waals surface area contributed by atoms with Crippen LogP contribution in [0.2, 0.25) is 0 Å². The van der Waals surface area contributed by atoms with Crippen molar-refractivity contribution in [3.05, 3.63) is 127 Å². The van der Waals surface area contributed by atoms with Crippen molar-refractivity contribution in [1.82, 2.24) is 9.97 Å². The second-order valence-corrected chi connectivity index (χ2v) is 9.73. The lowest BCUT2D eigenvalue weighted by Crippen LogP contribution is -1.92. The van der Waals surface area contributed by atoms with E-state index in [2.05, 4.69) is 65.5 Å². The highest BCUT2D eigenvalue weighted by atomic mass is 16.3. The molecule has 0 radical (unpaired) electrons. The van der Waals surface area contributed by atoms with E-state index < -0.39 is 0 Å². The summed E-state index contributed by atoms with van der Waals surface area (Å²) in [5, 5.41) is 6.35. The maximum Gasteiger partial charge on any atom is 0.188 e. The van der Waals surface area contributed by atoms with E-state index in [1.165, 1.54) is 0 Å². The highest BCUT2D eigenvalue weighted by molar-refractivity contribution is 6.21. The van der Waals surface area contributed by atoms with Gasteiger partial charge in [-0.25, -0.2) is 9.83 Å². The van der Waals surface area contributed by atoms with Gasteiger partial charge in [0.25, 0.3) is 0 Å². The van der Waals surface area contributed by atoms with Crippen molar-refractivity contribution in [2.24, 2.45) is 0 Å². The molecule has 0 atom stereocenters. The van der Waals surface area contributed by atoms with Gasteiger partial charge in [-0.1, -0.05) is 72.8 Å². The minimum Gasteiger partial charge on any atom is -0.456 e. The molecule has 8 rings (SSSR count). The zero-order chi connectivity index (χ0) is 25.9. The molecule has 0 aliphatic rings. The fraction of sp³-hybridized carbons (Fsp3) is 0. The van der Waals surface area contributed by atoms with Crippen LogP contribution in [0.25, 0.3) is 81.7 Å². The fourth-order valence-corrected chi connectivity index (χ4v) is 5.64. The number of hydrogen-bond donors (Lipinski definition) is 0. The van der Waals surface area contributed by atoms with Crippen LogP contribution < -0.4 is 0 Å². The van der Waals surface area contributed by atoms with Gasteiger partial charge in [0.1, 0.15) is 11.2 Å². The van der Waals surface area contributed by atoms with Crippen molar-refractivity contribution in [2.75, 3.05) is 0 Å². The number of pyridine rings is 2. The Bertz CT molecular complexity index is 2290. The summed E-state index contributed by atoms with van der Waals surface area (Å²) < 4.78 is 6.04. The highest BCUT2D eigenvalue weighted by Crippen LogP contribution is 2.39. The van der Waals surface area contributed by atoms with Gasteiger partial charge in [0, 0.05) is 44.1 Å². The Morgan fingerprint density at radius 1 is 0.615 bits per heavy atom. The molecule has 8 aromatic rings. The fourth-order valence-electron chi connectivity index (χ4n) is 5.64. The van der Waals surface area contributed by atoms with Crippen molar-refractivity contribution in [3.8, 4) is 22.4 Å². The van der Waals surface area contributed by atoms with E-state index in [4.69, 9.17) is 21.0 Å². The Hall–Kier alpha value is -5.53. The summed E-state index contributed by atoms with van der Waals surface area (Å²) in [5.41, 5.74) is 8.26. The van der Waals surface area contributed by atoms with Gasteiger partial charge in [0.05, 0.1) is 23.3 Å². The molecule has 4 heteroatoms. The summed E-state index contributed by atoms with van der Waals surface area (Å²) in [5.74, 6) is 0. The maximum absolute atomic E-state index is 7.40. The van der Waals surface area contributed by atoms with Gasteiger partial charge in [0.2, 0.25) is 0 Å². The molecule has 4 nitrogen and oxygen atoms in total. The van der Waals surface area contributed by atoms with Crippen molar-refractivity contribution in [3.63, 3.8) is 0 Å². The van der Waals surface area contributed by atoms with Gasteiger partial charge < -0.3 is 4.42 Å². The summed E-state index contributed by atoms with van der Waals surface area (Å²) in [6, 6.07) is 37.0. The SMILES string of the molecule is [C-]#[N+]c1ccc2oc3ccc(-c4ccc5c(c4)nc(-c4ccccc4)c4ccc6cccnc6c45)cc3c2c1. The largest absolute Gasteiger partial charge is 0.456 e. The van der Waals surface area contributed by atoms with Crippen LogP contribution in [0.4, 0.5) is 5.69 Å². The molecule has 3 aromatic heterocycles. The van der Waals surface area contributed by atoms with Gasteiger partial charge in [-0.3, -0.25) is 4.98 Å². The Balaban J connectivity index is 1.41. The van der Waals surface area contributed by atoms with Gasteiger partial charge >= 0.3 is 0 Å².